The summed E-state index contributed by atoms with van der Waals surface area (Å²) in [5, 5.41) is 15.2. The molecule has 0 aromatic carbocycles. The summed E-state index contributed by atoms with van der Waals surface area (Å²) in [6.45, 7) is 0.669. The van der Waals surface area contributed by atoms with E-state index in [-0.39, 0.29) is 12.5 Å². The maximum atomic E-state index is 12.3. The van der Waals surface area contributed by atoms with Crippen LogP contribution in [0.15, 0.2) is 6.20 Å². The van der Waals surface area contributed by atoms with Gasteiger partial charge in [0.2, 0.25) is 0 Å². The normalized spacial score (nSPS) is 15.6. The highest BCUT2D eigenvalue weighted by atomic mass is 16.3. The van der Waals surface area contributed by atoms with Crippen LogP contribution >= 0.6 is 0 Å². The number of H-pyrrole nitrogens is 1. The molecule has 1 amide bonds. The Morgan fingerprint density at radius 2 is 2.41 bits per heavy atom. The summed E-state index contributed by atoms with van der Waals surface area (Å²) in [4.78, 5) is 14.1. The van der Waals surface area contributed by atoms with Gasteiger partial charge in [-0.05, 0) is 25.7 Å². The second-order valence-corrected chi connectivity index (χ2v) is 4.36. The molecule has 0 bridgehead atoms. The maximum absolute atomic E-state index is 12.3. The number of aromatic amines is 1. The van der Waals surface area contributed by atoms with Crippen LogP contribution in [0, 0.1) is 0 Å². The van der Waals surface area contributed by atoms with Crippen LogP contribution in [-0.2, 0) is 0 Å². The Hall–Kier alpha value is -1.56. The summed E-state index contributed by atoms with van der Waals surface area (Å²) >= 11 is 0. The predicted molar refractivity (Wildman–Crippen MR) is 63.4 cm³/mol. The zero-order valence-electron chi connectivity index (χ0n) is 9.72. The number of carbonyl (C=O) groups excluding carboxylic acids is 1. The van der Waals surface area contributed by atoms with Gasteiger partial charge in [0.05, 0.1) is 6.20 Å². The molecule has 0 atom stereocenters. The van der Waals surface area contributed by atoms with Crippen LogP contribution < -0.4 is 5.73 Å². The standard InChI is InChI=1S/C11H18N4O2/c12-10-9(7-13-14-10)11(17)15(5-2-6-16)8-3-1-4-8/h7-8,16H,1-6H2,(H3,12,13,14). The molecule has 0 unspecified atom stereocenters. The largest absolute Gasteiger partial charge is 0.396 e. The molecule has 0 aliphatic heterocycles. The number of nitrogens with two attached hydrogens (primary N) is 1. The fraction of sp³-hybridized carbons (Fsp3) is 0.636. The average molecular weight is 238 g/mol. The monoisotopic (exact) mass is 238 g/mol. The zero-order chi connectivity index (χ0) is 12.3. The van der Waals surface area contributed by atoms with Crippen LogP contribution in [0.2, 0.25) is 0 Å². The number of rotatable bonds is 5. The molecular formula is C11H18N4O2. The van der Waals surface area contributed by atoms with Crippen molar-refractivity contribution >= 4 is 11.7 Å². The topological polar surface area (TPSA) is 95.2 Å². The number of hydrogen-bond acceptors (Lipinski definition) is 4. The first-order chi connectivity index (χ1) is 8.24. The zero-order valence-corrected chi connectivity index (χ0v) is 9.72. The minimum absolute atomic E-state index is 0.0885. The van der Waals surface area contributed by atoms with Crippen molar-refractivity contribution in [2.75, 3.05) is 18.9 Å². The van der Waals surface area contributed by atoms with Crippen LogP contribution in [0.3, 0.4) is 0 Å². The molecule has 0 saturated heterocycles. The molecule has 94 valence electrons. The third-order valence-corrected chi connectivity index (χ3v) is 3.23. The Labute approximate surface area is 99.8 Å². The molecular weight excluding hydrogens is 220 g/mol. The molecule has 1 saturated carbocycles. The highest BCUT2D eigenvalue weighted by Gasteiger charge is 2.30. The Kier molecular flexibility index (Phi) is 3.63. The van der Waals surface area contributed by atoms with Gasteiger partial charge in [0.25, 0.3) is 5.91 Å². The minimum Gasteiger partial charge on any atom is -0.396 e. The van der Waals surface area contributed by atoms with E-state index in [1.807, 2.05) is 0 Å². The van der Waals surface area contributed by atoms with Gasteiger partial charge in [-0.1, -0.05) is 0 Å². The lowest BCUT2D eigenvalue weighted by atomic mass is 9.91. The molecule has 1 aromatic heterocycles. The fourth-order valence-electron chi connectivity index (χ4n) is 2.01. The number of amides is 1. The van der Waals surface area contributed by atoms with E-state index in [0.29, 0.717) is 30.4 Å². The molecule has 4 N–H and O–H groups in total. The van der Waals surface area contributed by atoms with Crippen LogP contribution in [0.25, 0.3) is 0 Å². The number of nitrogens with zero attached hydrogens (tertiary/aromatic N) is 2. The molecule has 0 radical (unpaired) electrons. The summed E-state index contributed by atoms with van der Waals surface area (Å²) < 4.78 is 0. The fourth-order valence-corrected chi connectivity index (χ4v) is 2.01. The van der Waals surface area contributed by atoms with Crippen molar-refractivity contribution in [3.8, 4) is 0 Å². The second-order valence-electron chi connectivity index (χ2n) is 4.36. The van der Waals surface area contributed by atoms with Crippen LogP contribution in [0.4, 0.5) is 5.82 Å². The third-order valence-electron chi connectivity index (χ3n) is 3.23. The molecule has 0 spiro atoms. The minimum atomic E-state index is -0.0885. The molecule has 1 aromatic rings. The average Bonchev–Trinajstić information content (AvgIpc) is 2.67. The van der Waals surface area contributed by atoms with E-state index in [1.54, 1.807) is 4.90 Å². The summed E-state index contributed by atoms with van der Waals surface area (Å²) in [5.41, 5.74) is 6.08. The van der Waals surface area contributed by atoms with E-state index in [1.165, 1.54) is 6.20 Å². The maximum Gasteiger partial charge on any atom is 0.259 e. The Morgan fingerprint density at radius 3 is 2.88 bits per heavy atom. The van der Waals surface area contributed by atoms with E-state index in [0.717, 1.165) is 19.3 Å². The lowest BCUT2D eigenvalue weighted by Gasteiger charge is -2.37. The van der Waals surface area contributed by atoms with E-state index < -0.39 is 0 Å². The van der Waals surface area contributed by atoms with Gasteiger partial charge in [0, 0.05) is 19.2 Å². The third kappa shape index (κ3) is 2.41. The predicted octanol–water partition coefficient (Wildman–Crippen LogP) is 0.369. The molecule has 1 aliphatic rings. The summed E-state index contributed by atoms with van der Waals surface area (Å²) in [7, 11) is 0. The lowest BCUT2D eigenvalue weighted by Crippen LogP contribution is -2.45. The SMILES string of the molecule is Nc1[nH]ncc1C(=O)N(CCCO)C1CCC1. The second kappa shape index (κ2) is 5.18. The first-order valence-corrected chi connectivity index (χ1v) is 5.94. The van der Waals surface area contributed by atoms with Crippen LogP contribution in [0.5, 0.6) is 0 Å². The van der Waals surface area contributed by atoms with Crippen molar-refractivity contribution in [3.63, 3.8) is 0 Å². The van der Waals surface area contributed by atoms with Gasteiger partial charge in [-0.2, -0.15) is 5.10 Å². The van der Waals surface area contributed by atoms with Crippen molar-refractivity contribution in [1.82, 2.24) is 15.1 Å². The van der Waals surface area contributed by atoms with Crippen LogP contribution in [0.1, 0.15) is 36.0 Å². The number of anilines is 1. The van der Waals surface area contributed by atoms with Crippen molar-refractivity contribution in [2.45, 2.75) is 31.7 Å². The smallest absolute Gasteiger partial charge is 0.259 e. The van der Waals surface area contributed by atoms with E-state index in [2.05, 4.69) is 10.2 Å². The number of carbonyl (C=O) groups is 1. The summed E-state index contributed by atoms with van der Waals surface area (Å²) in [6.07, 6.45) is 5.29. The van der Waals surface area contributed by atoms with Gasteiger partial charge in [-0.3, -0.25) is 9.89 Å². The lowest BCUT2D eigenvalue weighted by molar-refractivity contribution is 0.0563. The quantitative estimate of drug-likeness (QED) is 0.690. The molecule has 6 heteroatoms. The first-order valence-electron chi connectivity index (χ1n) is 5.94. The molecule has 6 nitrogen and oxygen atoms in total. The number of nitrogens with one attached hydrogen (secondary N) is 1. The van der Waals surface area contributed by atoms with Crippen molar-refractivity contribution in [2.24, 2.45) is 0 Å². The van der Waals surface area contributed by atoms with Gasteiger partial charge >= 0.3 is 0 Å². The van der Waals surface area contributed by atoms with Gasteiger partial charge in [-0.25, -0.2) is 0 Å². The van der Waals surface area contributed by atoms with Gasteiger partial charge in [-0.15, -0.1) is 0 Å². The number of aliphatic hydroxyl groups excluding tert-OH is 1. The Balaban J connectivity index is 2.09. The highest BCUT2D eigenvalue weighted by molar-refractivity contribution is 5.98. The number of aliphatic hydroxyl groups is 1. The number of aromatic nitrogens is 2. The van der Waals surface area contributed by atoms with Crippen LogP contribution in [-0.4, -0.2) is 45.3 Å². The van der Waals surface area contributed by atoms with E-state index in [9.17, 15) is 4.79 Å². The van der Waals surface area contributed by atoms with Gasteiger partial charge in [0.15, 0.2) is 0 Å². The highest BCUT2D eigenvalue weighted by Crippen LogP contribution is 2.27. The molecule has 1 heterocycles. The molecule has 2 rings (SSSR count). The van der Waals surface area contributed by atoms with Crippen molar-refractivity contribution in [3.05, 3.63) is 11.8 Å². The van der Waals surface area contributed by atoms with Crippen molar-refractivity contribution in [1.29, 1.82) is 0 Å². The number of nitrogen functional groups attached to an aromatic ring is 1. The summed E-state index contributed by atoms with van der Waals surface area (Å²) in [5.74, 6) is 0.220. The number of hydrogen-bond donors (Lipinski definition) is 3. The molecule has 1 fully saturated rings. The van der Waals surface area contributed by atoms with Gasteiger partial charge in [0.1, 0.15) is 11.4 Å². The Bertz CT molecular complexity index is 387. The first kappa shape index (κ1) is 11.9. The molecule has 1 aliphatic carbocycles. The van der Waals surface area contributed by atoms with Gasteiger partial charge < -0.3 is 15.7 Å². The summed E-state index contributed by atoms with van der Waals surface area (Å²) in [6, 6.07) is 0.295. The van der Waals surface area contributed by atoms with E-state index in [4.69, 9.17) is 10.8 Å². The van der Waals surface area contributed by atoms with E-state index >= 15 is 0 Å². The molecule has 17 heavy (non-hydrogen) atoms. The Morgan fingerprint density at radius 1 is 1.65 bits per heavy atom. The van der Waals surface area contributed by atoms with Crippen molar-refractivity contribution < 1.29 is 9.90 Å².